The molecule has 4 heteroatoms. The van der Waals surface area contributed by atoms with Crippen molar-refractivity contribution in [3.8, 4) is 5.75 Å². The topological polar surface area (TPSA) is 21.3 Å². The van der Waals surface area contributed by atoms with Crippen molar-refractivity contribution in [2.24, 2.45) is 0 Å². The highest BCUT2D eigenvalue weighted by molar-refractivity contribution is 9.10. The molecule has 112 valence electrons. The van der Waals surface area contributed by atoms with Crippen LogP contribution in [0.15, 0.2) is 40.2 Å². The molecule has 21 heavy (non-hydrogen) atoms. The van der Waals surface area contributed by atoms with Crippen molar-refractivity contribution < 1.29 is 4.74 Å². The molecule has 1 heterocycles. The van der Waals surface area contributed by atoms with Crippen LogP contribution in [0.5, 0.6) is 5.75 Å². The molecule has 2 nitrogen and oxygen atoms in total. The van der Waals surface area contributed by atoms with Crippen molar-refractivity contribution >= 4 is 33.0 Å². The SMILES string of the molecule is CC(Nc1ccc(OC2CCCC2)cc1)c1sccc1Br. The third kappa shape index (κ3) is 3.80. The summed E-state index contributed by atoms with van der Waals surface area (Å²) in [4.78, 5) is 1.32. The Balaban J connectivity index is 1.60. The Hall–Kier alpha value is -1.00. The molecule has 3 rings (SSSR count). The predicted octanol–water partition coefficient (Wildman–Crippen LogP) is 6.01. The van der Waals surface area contributed by atoms with E-state index in [1.807, 2.05) is 0 Å². The lowest BCUT2D eigenvalue weighted by atomic mass is 10.2. The minimum Gasteiger partial charge on any atom is -0.490 e. The van der Waals surface area contributed by atoms with Gasteiger partial charge in [-0.1, -0.05) is 0 Å². The summed E-state index contributed by atoms with van der Waals surface area (Å²) in [7, 11) is 0. The maximum atomic E-state index is 5.99. The molecule has 0 amide bonds. The van der Waals surface area contributed by atoms with Gasteiger partial charge in [0.25, 0.3) is 0 Å². The summed E-state index contributed by atoms with van der Waals surface area (Å²) in [5, 5.41) is 5.64. The maximum Gasteiger partial charge on any atom is 0.119 e. The van der Waals surface area contributed by atoms with Gasteiger partial charge in [0.15, 0.2) is 0 Å². The molecular formula is C17H20BrNOS. The number of thiophene rings is 1. The van der Waals surface area contributed by atoms with E-state index in [2.05, 4.69) is 63.9 Å². The smallest absolute Gasteiger partial charge is 0.119 e. The van der Waals surface area contributed by atoms with Gasteiger partial charge in [-0.15, -0.1) is 11.3 Å². The van der Waals surface area contributed by atoms with E-state index >= 15 is 0 Å². The maximum absolute atomic E-state index is 5.99. The largest absolute Gasteiger partial charge is 0.490 e. The monoisotopic (exact) mass is 365 g/mol. The first-order chi connectivity index (χ1) is 10.2. The zero-order chi connectivity index (χ0) is 14.7. The summed E-state index contributed by atoms with van der Waals surface area (Å²) < 4.78 is 7.17. The number of benzene rings is 1. The molecule has 2 aromatic rings. The highest BCUT2D eigenvalue weighted by Gasteiger charge is 2.16. The fraction of sp³-hybridized carbons (Fsp3) is 0.412. The van der Waals surface area contributed by atoms with Crippen LogP contribution in [0.1, 0.15) is 43.5 Å². The van der Waals surface area contributed by atoms with Crippen LogP contribution < -0.4 is 10.1 Å². The van der Waals surface area contributed by atoms with Gasteiger partial charge in [-0.25, -0.2) is 0 Å². The normalized spacial score (nSPS) is 16.9. The molecule has 1 aromatic heterocycles. The van der Waals surface area contributed by atoms with Gasteiger partial charge in [0.05, 0.1) is 12.1 Å². The second-order valence-corrected chi connectivity index (χ2v) is 7.35. The molecule has 1 unspecified atom stereocenters. The minimum atomic E-state index is 0.293. The molecule has 1 fully saturated rings. The molecule has 0 radical (unpaired) electrons. The number of ether oxygens (including phenoxy) is 1. The van der Waals surface area contributed by atoms with Gasteiger partial charge in [0.2, 0.25) is 0 Å². The molecule has 0 spiro atoms. The van der Waals surface area contributed by atoms with Crippen LogP contribution in [0.25, 0.3) is 0 Å². The Labute approximate surface area is 138 Å². The van der Waals surface area contributed by atoms with E-state index < -0.39 is 0 Å². The number of halogens is 1. The Morgan fingerprint density at radius 3 is 2.52 bits per heavy atom. The van der Waals surface area contributed by atoms with Crippen molar-refractivity contribution in [2.75, 3.05) is 5.32 Å². The fourth-order valence-electron chi connectivity index (χ4n) is 2.76. The molecule has 1 N–H and O–H groups in total. The van der Waals surface area contributed by atoms with E-state index in [-0.39, 0.29) is 0 Å². The lowest BCUT2D eigenvalue weighted by molar-refractivity contribution is 0.210. The average Bonchev–Trinajstić information content (AvgIpc) is 3.12. The summed E-state index contributed by atoms with van der Waals surface area (Å²) in [5.41, 5.74) is 1.13. The van der Waals surface area contributed by atoms with Gasteiger partial charge in [-0.05, 0) is 84.2 Å². The molecule has 0 aliphatic heterocycles. The number of nitrogens with one attached hydrogen (secondary N) is 1. The van der Waals surface area contributed by atoms with Gasteiger partial charge >= 0.3 is 0 Å². The Morgan fingerprint density at radius 1 is 1.19 bits per heavy atom. The van der Waals surface area contributed by atoms with Crippen molar-refractivity contribution in [2.45, 2.75) is 44.8 Å². The molecule has 1 aliphatic carbocycles. The van der Waals surface area contributed by atoms with Crippen LogP contribution in [-0.4, -0.2) is 6.10 Å². The van der Waals surface area contributed by atoms with Crippen molar-refractivity contribution in [1.82, 2.24) is 0 Å². The molecular weight excluding hydrogens is 346 g/mol. The summed E-state index contributed by atoms with van der Waals surface area (Å²) in [6.07, 6.45) is 5.42. The molecule has 0 bridgehead atoms. The first-order valence-electron chi connectivity index (χ1n) is 7.48. The van der Waals surface area contributed by atoms with E-state index in [4.69, 9.17) is 4.74 Å². The van der Waals surface area contributed by atoms with Crippen LogP contribution in [0.3, 0.4) is 0 Å². The summed E-state index contributed by atoms with van der Waals surface area (Å²) in [5.74, 6) is 0.984. The van der Waals surface area contributed by atoms with Crippen molar-refractivity contribution in [1.29, 1.82) is 0 Å². The van der Waals surface area contributed by atoms with Crippen LogP contribution in [0.2, 0.25) is 0 Å². The molecule has 0 saturated heterocycles. The Bertz CT molecular complexity index is 575. The lowest BCUT2D eigenvalue weighted by Gasteiger charge is -2.16. The van der Waals surface area contributed by atoms with Gasteiger partial charge in [0, 0.05) is 15.0 Å². The zero-order valence-electron chi connectivity index (χ0n) is 12.1. The Kier molecular flexibility index (Phi) is 4.86. The van der Waals surface area contributed by atoms with Gasteiger partial charge in [0.1, 0.15) is 5.75 Å². The Morgan fingerprint density at radius 2 is 1.90 bits per heavy atom. The summed E-state index contributed by atoms with van der Waals surface area (Å²) in [6.45, 7) is 2.18. The highest BCUT2D eigenvalue weighted by Crippen LogP contribution is 2.31. The molecule has 1 aliphatic rings. The highest BCUT2D eigenvalue weighted by atomic mass is 79.9. The zero-order valence-corrected chi connectivity index (χ0v) is 14.5. The van der Waals surface area contributed by atoms with Crippen LogP contribution >= 0.6 is 27.3 Å². The molecule has 1 atom stereocenters. The van der Waals surface area contributed by atoms with Crippen molar-refractivity contribution in [3.63, 3.8) is 0 Å². The van der Waals surface area contributed by atoms with E-state index in [1.54, 1.807) is 11.3 Å². The van der Waals surface area contributed by atoms with E-state index in [0.29, 0.717) is 12.1 Å². The second-order valence-electron chi connectivity index (χ2n) is 5.55. The number of rotatable bonds is 5. The van der Waals surface area contributed by atoms with Gasteiger partial charge in [-0.2, -0.15) is 0 Å². The third-order valence-electron chi connectivity index (χ3n) is 3.88. The summed E-state index contributed by atoms with van der Waals surface area (Å²) >= 11 is 5.36. The average molecular weight is 366 g/mol. The van der Waals surface area contributed by atoms with E-state index in [0.717, 1.165) is 11.4 Å². The fourth-order valence-corrected chi connectivity index (χ4v) is 4.48. The first kappa shape index (κ1) is 14.9. The second kappa shape index (κ2) is 6.84. The summed E-state index contributed by atoms with van der Waals surface area (Å²) in [6, 6.07) is 10.7. The van der Waals surface area contributed by atoms with Gasteiger partial charge in [-0.3, -0.25) is 0 Å². The van der Waals surface area contributed by atoms with Crippen LogP contribution in [0, 0.1) is 0 Å². The van der Waals surface area contributed by atoms with Gasteiger partial charge < -0.3 is 10.1 Å². The minimum absolute atomic E-state index is 0.293. The standard InChI is InChI=1S/C17H20BrNOS/c1-12(17-16(18)10-11-21-17)19-13-6-8-15(9-7-13)20-14-4-2-3-5-14/h6-12,14,19H,2-5H2,1H3. The van der Waals surface area contributed by atoms with Crippen molar-refractivity contribution in [3.05, 3.63) is 45.1 Å². The number of hydrogen-bond donors (Lipinski definition) is 1. The first-order valence-corrected chi connectivity index (χ1v) is 9.16. The molecule has 1 aromatic carbocycles. The number of hydrogen-bond acceptors (Lipinski definition) is 3. The molecule has 1 saturated carbocycles. The predicted molar refractivity (Wildman–Crippen MR) is 93.4 cm³/mol. The third-order valence-corrected chi connectivity index (χ3v) is 5.93. The van der Waals surface area contributed by atoms with Crippen LogP contribution in [-0.2, 0) is 0 Å². The van der Waals surface area contributed by atoms with E-state index in [1.165, 1.54) is 35.0 Å². The number of anilines is 1. The van der Waals surface area contributed by atoms with Crippen LogP contribution in [0.4, 0.5) is 5.69 Å². The quantitative estimate of drug-likeness (QED) is 0.700. The lowest BCUT2D eigenvalue weighted by Crippen LogP contribution is -2.11. The van der Waals surface area contributed by atoms with E-state index in [9.17, 15) is 0 Å².